The van der Waals surface area contributed by atoms with Crippen LogP contribution in [0.1, 0.15) is 6.42 Å². The van der Waals surface area contributed by atoms with Gasteiger partial charge in [-0.3, -0.25) is 4.90 Å². The summed E-state index contributed by atoms with van der Waals surface area (Å²) in [7, 11) is 0. The quantitative estimate of drug-likeness (QED) is 0.356. The van der Waals surface area contributed by atoms with Crippen molar-refractivity contribution < 1.29 is 23.1 Å². The second-order valence-electron chi connectivity index (χ2n) is 7.60. The number of benzene rings is 1. The fourth-order valence-corrected chi connectivity index (χ4v) is 3.81. The average molecular weight is 463 g/mol. The van der Waals surface area contributed by atoms with Gasteiger partial charge in [0.25, 0.3) is 5.92 Å². The number of rotatable bonds is 5. The Bertz CT molecular complexity index is 1320. The molecule has 0 atom stereocenters. The molecule has 4 aromatic rings. The van der Waals surface area contributed by atoms with Crippen molar-refractivity contribution in [1.82, 2.24) is 14.3 Å². The molecule has 1 fully saturated rings. The lowest BCUT2D eigenvalue weighted by atomic mass is 10.2. The molecule has 0 radical (unpaired) electrons. The first-order chi connectivity index (χ1) is 15.0. The van der Waals surface area contributed by atoms with Crippen LogP contribution in [-0.4, -0.2) is 51.7 Å². The van der Waals surface area contributed by atoms with Crippen molar-refractivity contribution >= 4 is 28.9 Å². The van der Waals surface area contributed by atoms with Gasteiger partial charge in [0.05, 0.1) is 18.3 Å². The topological polar surface area (TPSA) is 75.5 Å². The van der Waals surface area contributed by atoms with E-state index in [9.17, 15) is 14.0 Å². The lowest BCUT2D eigenvalue weighted by Gasteiger charge is -2.16. The van der Waals surface area contributed by atoms with Crippen LogP contribution in [0.5, 0.6) is 5.75 Å². The summed E-state index contributed by atoms with van der Waals surface area (Å²) >= 11 is 0. The molecule has 7 nitrogen and oxygen atoms in total. The first kappa shape index (κ1) is 22.0. The number of nitrogens with zero attached hydrogens (tertiary/aromatic N) is 4. The number of alkyl halides is 2. The van der Waals surface area contributed by atoms with Crippen LogP contribution in [0, 0.1) is 0 Å². The zero-order valence-corrected chi connectivity index (χ0v) is 17.8. The van der Waals surface area contributed by atoms with Gasteiger partial charge in [0.2, 0.25) is 0 Å². The first-order valence-corrected chi connectivity index (χ1v) is 9.93. The summed E-state index contributed by atoms with van der Waals surface area (Å²) < 4.78 is 40.2. The van der Waals surface area contributed by atoms with Crippen LogP contribution in [-0.2, 0) is 0 Å². The van der Waals surface area contributed by atoms with Crippen molar-refractivity contribution in [3.63, 3.8) is 0 Å². The van der Waals surface area contributed by atoms with Crippen molar-refractivity contribution in [3.05, 3.63) is 60.3 Å². The Hall–Kier alpha value is -3.17. The van der Waals surface area contributed by atoms with Crippen LogP contribution >= 0.6 is 12.4 Å². The van der Waals surface area contributed by atoms with Gasteiger partial charge in [0.15, 0.2) is 5.76 Å². The van der Waals surface area contributed by atoms with Crippen LogP contribution in [0.3, 0.4) is 0 Å². The van der Waals surface area contributed by atoms with Crippen molar-refractivity contribution in [2.75, 3.05) is 26.2 Å². The van der Waals surface area contributed by atoms with E-state index in [1.54, 1.807) is 35.5 Å². The molecular formula is C22H21ClF2N4O3. The van der Waals surface area contributed by atoms with E-state index in [1.807, 2.05) is 28.8 Å². The minimum atomic E-state index is -2.61. The molecule has 1 N–H and O–H groups in total. The van der Waals surface area contributed by atoms with Crippen LogP contribution in [0.4, 0.5) is 8.78 Å². The number of fused-ring (bicyclic) bond motifs is 2. The molecule has 1 aliphatic heterocycles. The number of hydrogen-bond donors (Lipinski definition) is 1. The number of likely N-dealkylation sites (tertiary alicyclic amines) is 1. The first-order valence-electron chi connectivity index (χ1n) is 9.93. The second-order valence-corrected chi connectivity index (χ2v) is 7.60. The van der Waals surface area contributed by atoms with Gasteiger partial charge in [-0.2, -0.15) is 0 Å². The van der Waals surface area contributed by atoms with E-state index in [0.29, 0.717) is 46.6 Å². The Morgan fingerprint density at radius 3 is 2.88 bits per heavy atom. The zero-order valence-electron chi connectivity index (χ0n) is 16.9. The molecule has 1 saturated heterocycles. The minimum absolute atomic E-state index is 0. The van der Waals surface area contributed by atoms with Gasteiger partial charge in [0.1, 0.15) is 29.0 Å². The van der Waals surface area contributed by atoms with Crippen molar-refractivity contribution in [1.29, 1.82) is 0 Å². The molecule has 0 saturated carbocycles. The van der Waals surface area contributed by atoms with E-state index >= 15 is 0 Å². The number of ether oxygens (including phenoxy) is 1. The van der Waals surface area contributed by atoms with E-state index in [2.05, 4.69) is 10.1 Å². The van der Waals surface area contributed by atoms with Crippen molar-refractivity contribution in [2.24, 2.45) is 5.16 Å². The zero-order chi connectivity index (χ0) is 21.4. The fraction of sp³-hybridized carbons (Fsp3) is 0.273. The third-order valence-electron chi connectivity index (χ3n) is 5.42. The number of halogens is 3. The summed E-state index contributed by atoms with van der Waals surface area (Å²) in [5, 5.41) is 13.8. The van der Waals surface area contributed by atoms with E-state index in [0.717, 1.165) is 5.52 Å². The van der Waals surface area contributed by atoms with Gasteiger partial charge in [0, 0.05) is 37.3 Å². The lowest BCUT2D eigenvalue weighted by Crippen LogP contribution is -2.29. The van der Waals surface area contributed by atoms with Gasteiger partial charge >= 0.3 is 0 Å². The SMILES string of the molecule is Cl.O/N=c1/cc(-c2cc3cccn3cn2)oc2ccc(OCCN3CCC(F)(F)C3)cc12. The highest BCUT2D eigenvalue weighted by Crippen LogP contribution is 2.27. The highest BCUT2D eigenvalue weighted by Gasteiger charge is 2.37. The Balaban J connectivity index is 0.00000245. The Labute approximate surface area is 187 Å². The predicted octanol–water partition coefficient (Wildman–Crippen LogP) is 4.18. The van der Waals surface area contributed by atoms with Gasteiger partial charge in [-0.1, -0.05) is 5.16 Å². The van der Waals surface area contributed by atoms with E-state index < -0.39 is 5.92 Å². The molecule has 1 aliphatic rings. The molecule has 5 rings (SSSR count). The summed E-state index contributed by atoms with van der Waals surface area (Å²) in [5.41, 5.74) is 2.08. The third-order valence-corrected chi connectivity index (χ3v) is 5.42. The molecule has 0 amide bonds. The third kappa shape index (κ3) is 4.39. The molecule has 0 bridgehead atoms. The molecule has 0 spiro atoms. The summed E-state index contributed by atoms with van der Waals surface area (Å²) in [4.78, 5) is 6.09. The summed E-state index contributed by atoms with van der Waals surface area (Å²) in [5.74, 6) is -1.60. The molecule has 1 aromatic carbocycles. The van der Waals surface area contributed by atoms with Crippen LogP contribution < -0.4 is 10.1 Å². The number of aromatic nitrogens is 2. The van der Waals surface area contributed by atoms with Crippen LogP contribution in [0.25, 0.3) is 27.9 Å². The Morgan fingerprint density at radius 1 is 1.22 bits per heavy atom. The molecule has 168 valence electrons. The van der Waals surface area contributed by atoms with E-state index in [4.69, 9.17) is 9.15 Å². The Kier molecular flexibility index (Phi) is 6.03. The molecule has 0 aliphatic carbocycles. The van der Waals surface area contributed by atoms with Crippen molar-refractivity contribution in [2.45, 2.75) is 12.3 Å². The van der Waals surface area contributed by atoms with Crippen LogP contribution in [0.2, 0.25) is 0 Å². The molecule has 0 unspecified atom stereocenters. The highest BCUT2D eigenvalue weighted by molar-refractivity contribution is 5.85. The fourth-order valence-electron chi connectivity index (χ4n) is 3.81. The maximum Gasteiger partial charge on any atom is 0.261 e. The van der Waals surface area contributed by atoms with Crippen molar-refractivity contribution in [3.8, 4) is 17.2 Å². The van der Waals surface area contributed by atoms with Gasteiger partial charge in [-0.25, -0.2) is 13.8 Å². The molecule has 3 aromatic heterocycles. The van der Waals surface area contributed by atoms with E-state index in [-0.39, 0.29) is 32.0 Å². The normalized spacial score (nSPS) is 16.5. The minimum Gasteiger partial charge on any atom is -0.492 e. The van der Waals surface area contributed by atoms with Crippen LogP contribution in [0.15, 0.2) is 64.6 Å². The number of hydrogen-bond acceptors (Lipinski definition) is 6. The van der Waals surface area contributed by atoms with Gasteiger partial charge in [-0.15, -0.1) is 12.4 Å². The summed E-state index contributed by atoms with van der Waals surface area (Å²) in [6, 6.07) is 12.5. The molecule has 10 heteroatoms. The standard InChI is InChI=1S/C22H20F2N4O3.ClH/c23-22(24)5-7-27(13-22)8-9-30-16-3-4-20-17(11-16)18(26-29)12-21(31-20)19-10-15-2-1-6-28(15)14-25-19;/h1-4,6,10-12,14,29H,5,7-9,13H2;1H/b26-18-;. The lowest BCUT2D eigenvalue weighted by molar-refractivity contribution is 0.0113. The smallest absolute Gasteiger partial charge is 0.261 e. The maximum atomic E-state index is 13.3. The van der Waals surface area contributed by atoms with Gasteiger partial charge < -0.3 is 18.8 Å². The van der Waals surface area contributed by atoms with E-state index in [1.165, 1.54) is 0 Å². The average Bonchev–Trinajstić information content (AvgIpc) is 3.38. The summed E-state index contributed by atoms with van der Waals surface area (Å²) in [6.07, 6.45) is 3.47. The van der Waals surface area contributed by atoms with Gasteiger partial charge in [-0.05, 0) is 36.4 Å². The predicted molar refractivity (Wildman–Crippen MR) is 116 cm³/mol. The molecular weight excluding hydrogens is 442 g/mol. The maximum absolute atomic E-state index is 13.3. The largest absolute Gasteiger partial charge is 0.492 e. The molecule has 4 heterocycles. The summed E-state index contributed by atoms with van der Waals surface area (Å²) in [6.45, 7) is 0.838. The monoisotopic (exact) mass is 462 g/mol. The highest BCUT2D eigenvalue weighted by atomic mass is 35.5. The Morgan fingerprint density at radius 2 is 2.09 bits per heavy atom. The molecule has 32 heavy (non-hydrogen) atoms. The second kappa shape index (κ2) is 8.76.